The van der Waals surface area contributed by atoms with Crippen LogP contribution in [0.25, 0.3) is 11.3 Å². The number of aromatic nitrogens is 2. The van der Waals surface area contributed by atoms with E-state index in [9.17, 15) is 18.7 Å². The highest BCUT2D eigenvalue weighted by molar-refractivity contribution is 7.50. The van der Waals surface area contributed by atoms with Crippen molar-refractivity contribution in [2.45, 2.75) is 25.9 Å². The van der Waals surface area contributed by atoms with Gasteiger partial charge in [-0.1, -0.05) is 13.8 Å². The molecule has 1 saturated heterocycles. The molecule has 2 aromatic rings. The van der Waals surface area contributed by atoms with Gasteiger partial charge in [0.05, 0.1) is 30.8 Å². The number of rotatable bonds is 5. The zero-order chi connectivity index (χ0) is 19.6. The Balaban J connectivity index is 2.19. The first-order valence-corrected chi connectivity index (χ1v) is 10.6. The fraction of sp³-hybridized carbons (Fsp3) is 0.444. The van der Waals surface area contributed by atoms with Crippen molar-refractivity contribution < 1.29 is 23.5 Å². The zero-order valence-electron chi connectivity index (χ0n) is 15.3. The summed E-state index contributed by atoms with van der Waals surface area (Å²) in [6, 6.07) is 5.74. The van der Waals surface area contributed by atoms with E-state index in [1.807, 2.05) is 18.7 Å². The number of halogens is 1. The molecule has 146 valence electrons. The molecule has 0 amide bonds. The molecule has 1 fully saturated rings. The van der Waals surface area contributed by atoms with Crippen molar-refractivity contribution in [2.75, 3.05) is 31.2 Å². The lowest BCUT2D eigenvalue weighted by atomic mass is 9.99. The van der Waals surface area contributed by atoms with Gasteiger partial charge in [-0.3, -0.25) is 4.57 Å². The van der Waals surface area contributed by atoms with Crippen LogP contribution in [0.4, 0.5) is 10.3 Å². The van der Waals surface area contributed by atoms with E-state index >= 15 is 0 Å². The number of nitrogens with zero attached hydrogens (tertiary/aromatic N) is 3. The molecule has 27 heavy (non-hydrogen) atoms. The van der Waals surface area contributed by atoms with Crippen LogP contribution in [0.5, 0.6) is 0 Å². The fourth-order valence-corrected chi connectivity index (χ4v) is 3.80. The second-order valence-corrected chi connectivity index (χ2v) is 8.47. The first-order chi connectivity index (χ1) is 12.7. The molecule has 1 aromatic heterocycles. The van der Waals surface area contributed by atoms with E-state index < -0.39 is 13.8 Å². The molecule has 2 heterocycles. The fourth-order valence-electron chi connectivity index (χ4n) is 3.08. The van der Waals surface area contributed by atoms with Crippen LogP contribution in [0.1, 0.15) is 31.0 Å². The van der Waals surface area contributed by atoms with Crippen molar-refractivity contribution in [2.24, 2.45) is 0 Å². The Hall–Kier alpha value is -1.86. The van der Waals surface area contributed by atoms with Crippen LogP contribution in [0, 0.1) is 5.82 Å². The Morgan fingerprint density at radius 1 is 1.19 bits per heavy atom. The summed E-state index contributed by atoms with van der Waals surface area (Å²) in [4.78, 5) is 30.4. The van der Waals surface area contributed by atoms with Gasteiger partial charge in [0.1, 0.15) is 5.82 Å². The Kier molecular flexibility index (Phi) is 5.91. The molecule has 0 bridgehead atoms. The first kappa shape index (κ1) is 19.9. The third-order valence-electron chi connectivity index (χ3n) is 4.35. The highest BCUT2D eigenvalue weighted by atomic mass is 31.2. The molecule has 1 aromatic carbocycles. The molecule has 0 spiro atoms. The van der Waals surface area contributed by atoms with E-state index in [1.54, 1.807) is 12.1 Å². The van der Waals surface area contributed by atoms with Gasteiger partial charge in [0.25, 0.3) is 0 Å². The van der Waals surface area contributed by atoms with E-state index in [1.165, 1.54) is 12.1 Å². The Morgan fingerprint density at radius 3 is 2.37 bits per heavy atom. The third kappa shape index (κ3) is 4.90. The molecule has 0 unspecified atom stereocenters. The molecule has 0 aliphatic carbocycles. The van der Waals surface area contributed by atoms with Crippen LogP contribution in [0.2, 0.25) is 0 Å². The molecular weight excluding hydrogens is 372 g/mol. The maximum Gasteiger partial charge on any atom is 0.330 e. The van der Waals surface area contributed by atoms with Crippen molar-refractivity contribution >= 4 is 13.5 Å². The summed E-state index contributed by atoms with van der Waals surface area (Å²) in [5.74, 6) is 0.0474. The summed E-state index contributed by atoms with van der Waals surface area (Å²) in [5, 5.41) is 0. The largest absolute Gasteiger partial charge is 0.378 e. The van der Waals surface area contributed by atoms with Crippen LogP contribution < -0.4 is 4.90 Å². The number of benzene rings is 1. The number of hydrogen-bond acceptors (Lipinski definition) is 5. The molecule has 7 nitrogen and oxygen atoms in total. The van der Waals surface area contributed by atoms with Crippen molar-refractivity contribution in [1.29, 1.82) is 0 Å². The molecule has 3 rings (SSSR count). The molecule has 1 aliphatic rings. The van der Waals surface area contributed by atoms with Gasteiger partial charge in [-0.15, -0.1) is 0 Å². The maximum absolute atomic E-state index is 13.4. The van der Waals surface area contributed by atoms with Gasteiger partial charge in [-0.05, 0) is 30.2 Å². The molecule has 0 atom stereocenters. The van der Waals surface area contributed by atoms with Crippen LogP contribution in [0.15, 0.2) is 24.3 Å². The number of ether oxygens (including phenoxy) is 1. The number of anilines is 1. The molecule has 9 heteroatoms. The first-order valence-electron chi connectivity index (χ1n) is 8.78. The SMILES string of the molecule is CC(C)c1nc(N2CCOCC2)nc(-c2ccc(F)cc2)c1CP(=O)(O)O. The lowest BCUT2D eigenvalue weighted by Gasteiger charge is -2.28. The van der Waals surface area contributed by atoms with E-state index in [-0.39, 0.29) is 11.7 Å². The van der Waals surface area contributed by atoms with Crippen LogP contribution in [0.3, 0.4) is 0 Å². The van der Waals surface area contributed by atoms with E-state index in [0.29, 0.717) is 54.8 Å². The standard InChI is InChI=1S/C18H23FN3O4P/c1-12(2)16-15(11-27(23,24)25)17(13-3-5-14(19)6-4-13)21-18(20-16)22-7-9-26-10-8-22/h3-6,12H,7-11H2,1-2H3,(H2,23,24,25). The van der Waals surface area contributed by atoms with Gasteiger partial charge < -0.3 is 19.4 Å². The summed E-state index contributed by atoms with van der Waals surface area (Å²) in [5.41, 5.74) is 2.02. The molecule has 0 radical (unpaired) electrons. The van der Waals surface area contributed by atoms with Gasteiger partial charge in [-0.2, -0.15) is 0 Å². The summed E-state index contributed by atoms with van der Waals surface area (Å²) in [7, 11) is -4.35. The third-order valence-corrected chi connectivity index (χ3v) is 5.08. The highest BCUT2D eigenvalue weighted by Gasteiger charge is 2.26. The predicted octanol–water partition coefficient (Wildman–Crippen LogP) is 2.92. The summed E-state index contributed by atoms with van der Waals surface area (Å²) in [6.45, 7) is 6.25. The Morgan fingerprint density at radius 2 is 1.81 bits per heavy atom. The van der Waals surface area contributed by atoms with Crippen molar-refractivity contribution in [3.63, 3.8) is 0 Å². The molecule has 0 saturated carbocycles. The molecule has 2 N–H and O–H groups in total. The average molecular weight is 395 g/mol. The predicted molar refractivity (Wildman–Crippen MR) is 100 cm³/mol. The average Bonchev–Trinajstić information content (AvgIpc) is 2.62. The van der Waals surface area contributed by atoms with Crippen LogP contribution in [-0.2, 0) is 15.5 Å². The Labute approximate surface area is 157 Å². The minimum atomic E-state index is -4.35. The van der Waals surface area contributed by atoms with Gasteiger partial charge >= 0.3 is 7.60 Å². The van der Waals surface area contributed by atoms with Crippen LogP contribution in [-0.4, -0.2) is 46.1 Å². The zero-order valence-corrected chi connectivity index (χ0v) is 16.2. The highest BCUT2D eigenvalue weighted by Crippen LogP contribution is 2.43. The number of morpholine rings is 1. The lowest BCUT2D eigenvalue weighted by molar-refractivity contribution is 0.122. The quantitative estimate of drug-likeness (QED) is 0.752. The van der Waals surface area contributed by atoms with Crippen LogP contribution >= 0.6 is 7.60 Å². The van der Waals surface area contributed by atoms with E-state index in [4.69, 9.17) is 4.74 Å². The van der Waals surface area contributed by atoms with Crippen molar-refractivity contribution in [3.05, 3.63) is 41.3 Å². The smallest absolute Gasteiger partial charge is 0.330 e. The molecule has 1 aliphatic heterocycles. The van der Waals surface area contributed by atoms with E-state index in [0.717, 1.165) is 0 Å². The van der Waals surface area contributed by atoms with Crippen molar-refractivity contribution in [1.82, 2.24) is 9.97 Å². The monoisotopic (exact) mass is 395 g/mol. The van der Waals surface area contributed by atoms with Gasteiger partial charge in [0, 0.05) is 24.2 Å². The van der Waals surface area contributed by atoms with Gasteiger partial charge in [-0.25, -0.2) is 14.4 Å². The second-order valence-electron chi connectivity index (χ2n) is 6.82. The lowest BCUT2D eigenvalue weighted by Crippen LogP contribution is -2.37. The summed E-state index contributed by atoms with van der Waals surface area (Å²) >= 11 is 0. The topological polar surface area (TPSA) is 95.8 Å². The minimum absolute atomic E-state index is 0.0615. The number of hydrogen-bond donors (Lipinski definition) is 2. The summed E-state index contributed by atoms with van der Waals surface area (Å²) < 4.78 is 30.5. The Bertz CT molecular complexity index is 848. The normalized spacial score (nSPS) is 15.4. The van der Waals surface area contributed by atoms with Crippen molar-refractivity contribution in [3.8, 4) is 11.3 Å². The summed E-state index contributed by atoms with van der Waals surface area (Å²) in [6.07, 6.45) is -0.462. The molecular formula is C18H23FN3O4P. The van der Waals surface area contributed by atoms with Gasteiger partial charge in [0.15, 0.2) is 0 Å². The van der Waals surface area contributed by atoms with Gasteiger partial charge in [0.2, 0.25) is 5.95 Å². The van der Waals surface area contributed by atoms with E-state index in [2.05, 4.69) is 9.97 Å². The maximum atomic E-state index is 13.4. The minimum Gasteiger partial charge on any atom is -0.378 e. The second kappa shape index (κ2) is 8.02.